The quantitative estimate of drug-likeness (QED) is 0.185. The van der Waals surface area contributed by atoms with Crippen LogP contribution in [0, 0.1) is 12.7 Å². The van der Waals surface area contributed by atoms with Crippen LogP contribution < -0.4 is 16.1 Å². The molecule has 0 saturated heterocycles. The molecule has 0 spiro atoms. The van der Waals surface area contributed by atoms with Gasteiger partial charge in [-0.3, -0.25) is 4.79 Å². The third kappa shape index (κ3) is 6.37. The molecule has 204 valence electrons. The lowest BCUT2D eigenvalue weighted by Gasteiger charge is -2.22. The van der Waals surface area contributed by atoms with E-state index in [0.29, 0.717) is 16.9 Å². The summed E-state index contributed by atoms with van der Waals surface area (Å²) >= 11 is 6.45. The molecular weight excluding hydrogens is 545 g/mol. The number of sulfone groups is 1. The second-order valence-electron chi connectivity index (χ2n) is 9.06. The molecule has 39 heavy (non-hydrogen) atoms. The highest BCUT2D eigenvalue weighted by molar-refractivity contribution is 7.90. The van der Waals surface area contributed by atoms with E-state index in [1.807, 2.05) is 13.1 Å². The van der Waals surface area contributed by atoms with Crippen LogP contribution in [0.2, 0.25) is 5.02 Å². The average Bonchev–Trinajstić information content (AvgIpc) is 3.33. The predicted octanol–water partition coefficient (Wildman–Crippen LogP) is 3.88. The van der Waals surface area contributed by atoms with Gasteiger partial charge >= 0.3 is 0 Å². The van der Waals surface area contributed by atoms with Gasteiger partial charge in [0.15, 0.2) is 0 Å². The van der Waals surface area contributed by atoms with Crippen LogP contribution >= 0.6 is 11.6 Å². The molecule has 2 N–H and O–H groups in total. The molecule has 0 saturated carbocycles. The van der Waals surface area contributed by atoms with Gasteiger partial charge in [-0.05, 0) is 49.2 Å². The van der Waals surface area contributed by atoms with E-state index in [4.69, 9.17) is 22.2 Å². The number of methoxy groups -OCH3 is 1. The molecule has 0 radical (unpaired) electrons. The number of hydrogen-bond donors (Lipinski definition) is 1. The maximum absolute atomic E-state index is 13.8. The Hall–Kier alpha value is -3.96. The number of aryl methyl sites for hydroxylation is 1. The first-order chi connectivity index (χ1) is 18.5. The highest BCUT2D eigenvalue weighted by Crippen LogP contribution is 2.27. The summed E-state index contributed by atoms with van der Waals surface area (Å²) in [6.45, 7) is 1.87. The number of rotatable bonds is 9. The standard InChI is InChI=1S/C27H27ClFN5O4S/c1-17-14-33(16-31-17)24-9-6-19(12-25(24)38-2)26(32-30)22-13-20(28)15-34(27(22)35)23(10-11-39(3,36)37)18-4-7-21(29)8-5-18/h4-9,12-16,23H,10-11,30H2,1-3H3. The van der Waals surface area contributed by atoms with Crippen molar-refractivity contribution in [1.82, 2.24) is 14.1 Å². The summed E-state index contributed by atoms with van der Waals surface area (Å²) in [4.78, 5) is 18.1. The predicted molar refractivity (Wildman–Crippen MR) is 149 cm³/mol. The number of imidazole rings is 1. The maximum Gasteiger partial charge on any atom is 0.260 e. The van der Waals surface area contributed by atoms with Gasteiger partial charge in [0, 0.05) is 24.2 Å². The lowest BCUT2D eigenvalue weighted by molar-refractivity contribution is 0.413. The minimum Gasteiger partial charge on any atom is -0.495 e. The van der Waals surface area contributed by atoms with E-state index >= 15 is 0 Å². The summed E-state index contributed by atoms with van der Waals surface area (Å²) in [5, 5.41) is 4.11. The minimum absolute atomic E-state index is 0.0616. The van der Waals surface area contributed by atoms with Gasteiger partial charge in [-0.25, -0.2) is 17.8 Å². The van der Waals surface area contributed by atoms with Crippen LogP contribution in [-0.4, -0.2) is 47.4 Å². The van der Waals surface area contributed by atoms with Crippen molar-refractivity contribution in [2.75, 3.05) is 19.1 Å². The Kier molecular flexibility index (Phi) is 8.22. The van der Waals surface area contributed by atoms with Gasteiger partial charge in [0.2, 0.25) is 0 Å². The monoisotopic (exact) mass is 571 g/mol. The molecule has 0 fully saturated rings. The van der Waals surface area contributed by atoms with E-state index in [1.165, 1.54) is 48.2 Å². The van der Waals surface area contributed by atoms with Gasteiger partial charge in [0.1, 0.15) is 27.1 Å². The van der Waals surface area contributed by atoms with Crippen molar-refractivity contribution in [3.63, 3.8) is 0 Å². The molecule has 0 bridgehead atoms. The largest absolute Gasteiger partial charge is 0.495 e. The molecule has 0 amide bonds. The number of halogens is 2. The number of nitrogens with zero attached hydrogens (tertiary/aromatic N) is 4. The third-order valence-electron chi connectivity index (χ3n) is 6.19. The molecule has 0 aliphatic heterocycles. The third-order valence-corrected chi connectivity index (χ3v) is 7.37. The van der Waals surface area contributed by atoms with Crippen LogP contribution in [0.25, 0.3) is 5.69 Å². The number of benzene rings is 2. The van der Waals surface area contributed by atoms with Crippen LogP contribution in [0.1, 0.15) is 34.8 Å². The Balaban J connectivity index is 1.83. The Morgan fingerprint density at radius 3 is 2.49 bits per heavy atom. The number of ether oxygens (including phenoxy) is 1. The zero-order chi connectivity index (χ0) is 28.3. The topological polar surface area (TPSA) is 122 Å². The molecule has 2 aromatic carbocycles. The van der Waals surface area contributed by atoms with Crippen LogP contribution in [0.5, 0.6) is 5.75 Å². The van der Waals surface area contributed by atoms with Gasteiger partial charge in [-0.15, -0.1) is 0 Å². The average molecular weight is 572 g/mol. The Labute approximate surface area is 230 Å². The number of pyridine rings is 1. The lowest BCUT2D eigenvalue weighted by atomic mass is 10.0. The second-order valence-corrected chi connectivity index (χ2v) is 11.8. The zero-order valence-corrected chi connectivity index (χ0v) is 23.1. The molecule has 1 atom stereocenters. The van der Waals surface area contributed by atoms with Gasteiger partial charge in [-0.1, -0.05) is 29.8 Å². The molecule has 12 heteroatoms. The van der Waals surface area contributed by atoms with E-state index in [0.717, 1.165) is 17.6 Å². The molecular formula is C27H27ClFN5O4S. The number of aromatic nitrogens is 3. The normalized spacial score (nSPS) is 12.9. The van der Waals surface area contributed by atoms with E-state index in [9.17, 15) is 17.6 Å². The first-order valence-corrected chi connectivity index (χ1v) is 14.3. The summed E-state index contributed by atoms with van der Waals surface area (Å²) in [6, 6.07) is 11.5. The van der Waals surface area contributed by atoms with Crippen molar-refractivity contribution in [2.45, 2.75) is 19.4 Å². The molecule has 2 aromatic heterocycles. The summed E-state index contributed by atoms with van der Waals surface area (Å²) in [5.41, 5.74) is 2.35. The zero-order valence-electron chi connectivity index (χ0n) is 21.5. The van der Waals surface area contributed by atoms with E-state index in [1.54, 1.807) is 29.1 Å². The van der Waals surface area contributed by atoms with E-state index in [-0.39, 0.29) is 28.5 Å². The molecule has 0 aliphatic rings. The fraction of sp³-hybridized carbons (Fsp3) is 0.222. The van der Waals surface area contributed by atoms with Crippen molar-refractivity contribution >= 4 is 27.1 Å². The Bertz CT molecular complexity index is 1700. The van der Waals surface area contributed by atoms with Crippen molar-refractivity contribution in [3.05, 3.63) is 111 Å². The maximum atomic E-state index is 13.8. The van der Waals surface area contributed by atoms with Gasteiger partial charge < -0.3 is 19.7 Å². The van der Waals surface area contributed by atoms with Crippen molar-refractivity contribution in [3.8, 4) is 11.4 Å². The van der Waals surface area contributed by atoms with E-state index < -0.39 is 27.3 Å². The fourth-order valence-electron chi connectivity index (χ4n) is 4.34. The Morgan fingerprint density at radius 2 is 1.90 bits per heavy atom. The van der Waals surface area contributed by atoms with Crippen molar-refractivity contribution < 1.29 is 17.5 Å². The molecule has 9 nitrogen and oxygen atoms in total. The molecule has 4 rings (SSSR count). The number of hydrogen-bond acceptors (Lipinski definition) is 7. The second kappa shape index (κ2) is 11.4. The molecule has 0 aliphatic carbocycles. The first-order valence-electron chi connectivity index (χ1n) is 11.8. The van der Waals surface area contributed by atoms with E-state index in [2.05, 4.69) is 10.1 Å². The van der Waals surface area contributed by atoms with Crippen molar-refractivity contribution in [2.24, 2.45) is 10.9 Å². The Morgan fingerprint density at radius 1 is 1.18 bits per heavy atom. The fourth-order valence-corrected chi connectivity index (χ4v) is 5.20. The molecule has 1 unspecified atom stereocenters. The minimum atomic E-state index is -3.36. The molecule has 2 heterocycles. The lowest BCUT2D eigenvalue weighted by Crippen LogP contribution is -2.31. The van der Waals surface area contributed by atoms with Crippen LogP contribution in [0.3, 0.4) is 0 Å². The number of nitrogens with two attached hydrogens (primary N) is 1. The van der Waals surface area contributed by atoms with Crippen molar-refractivity contribution in [1.29, 1.82) is 0 Å². The van der Waals surface area contributed by atoms with Crippen LogP contribution in [0.15, 0.2) is 77.1 Å². The number of hydrazone groups is 1. The van der Waals surface area contributed by atoms with Gasteiger partial charge in [0.05, 0.1) is 47.2 Å². The van der Waals surface area contributed by atoms with Gasteiger partial charge in [0.25, 0.3) is 5.56 Å². The summed E-state index contributed by atoms with van der Waals surface area (Å²) in [6.07, 6.45) is 6.10. The SMILES string of the molecule is COc1cc(C(=NN)c2cc(Cl)cn(C(CCS(C)(=O)=O)c3ccc(F)cc3)c2=O)ccc1-n1cnc(C)c1. The van der Waals surface area contributed by atoms with Gasteiger partial charge in [-0.2, -0.15) is 5.10 Å². The summed E-state index contributed by atoms with van der Waals surface area (Å²) in [7, 11) is -1.84. The van der Waals surface area contributed by atoms with Crippen LogP contribution in [-0.2, 0) is 9.84 Å². The summed E-state index contributed by atoms with van der Waals surface area (Å²) < 4.78 is 46.3. The first kappa shape index (κ1) is 28.1. The highest BCUT2D eigenvalue weighted by Gasteiger charge is 2.23. The smallest absolute Gasteiger partial charge is 0.260 e. The molecule has 4 aromatic rings. The summed E-state index contributed by atoms with van der Waals surface area (Å²) in [5.74, 6) is 5.62. The highest BCUT2D eigenvalue weighted by atomic mass is 35.5. The van der Waals surface area contributed by atoms with Crippen LogP contribution in [0.4, 0.5) is 4.39 Å².